The Hall–Kier alpha value is -3.76. The maximum absolute atomic E-state index is 13.6. The van der Waals surface area contributed by atoms with Crippen molar-refractivity contribution in [2.75, 3.05) is 13.6 Å². The van der Waals surface area contributed by atoms with Crippen LogP contribution in [0.1, 0.15) is 12.6 Å². The number of hydrogen-bond acceptors (Lipinski definition) is 7. The molecule has 1 aromatic carbocycles. The Labute approximate surface area is 218 Å². The molecule has 12 heteroatoms. The summed E-state index contributed by atoms with van der Waals surface area (Å²) in [5.74, 6) is -0.810. The highest BCUT2D eigenvalue weighted by Crippen LogP contribution is 2.32. The highest BCUT2D eigenvalue weighted by molar-refractivity contribution is 6.38. The van der Waals surface area contributed by atoms with E-state index in [1.165, 1.54) is 31.6 Å². The van der Waals surface area contributed by atoms with E-state index in [1.807, 2.05) is 0 Å². The number of para-hydroxylation sites is 1. The Balaban J connectivity index is 2.15. The zero-order valence-electron chi connectivity index (χ0n) is 20.3. The van der Waals surface area contributed by atoms with Crippen LogP contribution in [0, 0.1) is 12.7 Å². The minimum atomic E-state index is -0.488. The molecule has 9 nitrogen and oxygen atoms in total. The minimum absolute atomic E-state index is 0.0769. The number of halogens is 3. The first-order chi connectivity index (χ1) is 17.2. The molecule has 0 unspecified atom stereocenters. The van der Waals surface area contributed by atoms with Crippen molar-refractivity contribution in [3.63, 3.8) is 0 Å². The van der Waals surface area contributed by atoms with Crippen LogP contribution < -0.4 is 21.9 Å². The van der Waals surface area contributed by atoms with Crippen molar-refractivity contribution in [1.82, 2.24) is 15.2 Å². The van der Waals surface area contributed by atoms with Gasteiger partial charge in [0, 0.05) is 20.3 Å². The number of nitrogens with two attached hydrogens (primary N) is 1. The highest BCUT2D eigenvalue weighted by Gasteiger charge is 2.10. The van der Waals surface area contributed by atoms with Gasteiger partial charge >= 0.3 is 0 Å². The number of nitrogens with zero attached hydrogens (tertiary/aromatic N) is 5. The van der Waals surface area contributed by atoms with Crippen molar-refractivity contribution in [1.29, 1.82) is 0 Å². The Kier molecular flexibility index (Phi) is 11.0. The van der Waals surface area contributed by atoms with E-state index < -0.39 is 5.91 Å². The third-order valence-corrected chi connectivity index (χ3v) is 5.47. The molecule has 4 N–H and O–H groups in total. The molecule has 0 aliphatic carbocycles. The molecule has 0 saturated heterocycles. The van der Waals surface area contributed by atoms with Crippen LogP contribution in [0.5, 0.6) is 0 Å². The van der Waals surface area contributed by atoms with Crippen LogP contribution in [0.25, 0.3) is 0 Å². The van der Waals surface area contributed by atoms with E-state index in [0.29, 0.717) is 32.6 Å². The molecule has 0 aliphatic heterocycles. The highest BCUT2D eigenvalue weighted by atomic mass is 35.5. The molecule has 1 amide bonds. The summed E-state index contributed by atoms with van der Waals surface area (Å²) in [6.45, 7) is 3.66. The third-order valence-electron chi connectivity index (χ3n) is 4.86. The molecule has 0 spiro atoms. The second-order valence-corrected chi connectivity index (χ2v) is 7.98. The molecule has 1 heterocycles. The number of nitrogens with one attached hydrogen (secondary N) is 2. The van der Waals surface area contributed by atoms with E-state index in [1.54, 1.807) is 56.0 Å². The number of pyridine rings is 1. The van der Waals surface area contributed by atoms with Crippen LogP contribution in [0.2, 0.25) is 10.0 Å². The van der Waals surface area contributed by atoms with Crippen molar-refractivity contribution in [2.45, 2.75) is 13.8 Å². The Morgan fingerprint density at radius 3 is 2.53 bits per heavy atom. The third kappa shape index (κ3) is 7.89. The Bertz CT molecular complexity index is 1310. The fourth-order valence-electron chi connectivity index (χ4n) is 2.66. The number of carbonyl (C=O) groups is 1. The minimum Gasteiger partial charge on any atom is -0.393 e. The molecule has 2 aromatic rings. The van der Waals surface area contributed by atoms with E-state index in [9.17, 15) is 9.18 Å². The van der Waals surface area contributed by atoms with Gasteiger partial charge in [-0.3, -0.25) is 14.8 Å². The molecular weight excluding hydrogens is 506 g/mol. The van der Waals surface area contributed by atoms with E-state index >= 15 is 0 Å². The van der Waals surface area contributed by atoms with Gasteiger partial charge in [0.1, 0.15) is 17.2 Å². The second kappa shape index (κ2) is 14.0. The lowest BCUT2D eigenvalue weighted by atomic mass is 10.3. The Morgan fingerprint density at radius 2 is 1.89 bits per heavy atom. The summed E-state index contributed by atoms with van der Waals surface area (Å²) in [6.07, 6.45) is 6.14. The van der Waals surface area contributed by atoms with Crippen LogP contribution in [-0.4, -0.2) is 42.7 Å². The summed E-state index contributed by atoms with van der Waals surface area (Å²) in [6, 6.07) is 7.86. The van der Waals surface area contributed by atoms with Crippen molar-refractivity contribution in [3.05, 3.63) is 80.5 Å². The number of amides is 1. The molecule has 0 aliphatic rings. The molecule has 36 heavy (non-hydrogen) atoms. The lowest BCUT2D eigenvalue weighted by molar-refractivity contribution is -0.117. The van der Waals surface area contributed by atoms with E-state index in [2.05, 4.69) is 30.8 Å². The summed E-state index contributed by atoms with van der Waals surface area (Å²) >= 11 is 12.3. The summed E-state index contributed by atoms with van der Waals surface area (Å²) in [5.41, 5.74) is 7.95. The van der Waals surface area contributed by atoms with Gasteiger partial charge < -0.3 is 20.9 Å². The van der Waals surface area contributed by atoms with Crippen molar-refractivity contribution >= 4 is 53.4 Å². The molecular formula is C24H27Cl2FN8O. The van der Waals surface area contributed by atoms with Gasteiger partial charge in [-0.1, -0.05) is 35.3 Å². The van der Waals surface area contributed by atoms with E-state index in [0.717, 1.165) is 0 Å². The van der Waals surface area contributed by atoms with Gasteiger partial charge in [-0.2, -0.15) is 5.10 Å². The number of aliphatic imine (C=N–C) groups is 2. The van der Waals surface area contributed by atoms with Gasteiger partial charge in [0.25, 0.3) is 5.91 Å². The van der Waals surface area contributed by atoms with Gasteiger partial charge in [-0.25, -0.2) is 4.39 Å². The number of allylic oxidation sites excluding steroid dienone is 3. The van der Waals surface area contributed by atoms with Gasteiger partial charge in [-0.05, 0) is 38.1 Å². The van der Waals surface area contributed by atoms with Gasteiger partial charge in [0.05, 0.1) is 46.1 Å². The van der Waals surface area contributed by atoms with Crippen molar-refractivity contribution in [3.8, 4) is 0 Å². The van der Waals surface area contributed by atoms with Gasteiger partial charge in [0.2, 0.25) is 0 Å². The Morgan fingerprint density at radius 1 is 1.19 bits per heavy atom. The van der Waals surface area contributed by atoms with Crippen LogP contribution >= 0.6 is 23.2 Å². The zero-order chi connectivity index (χ0) is 26.7. The van der Waals surface area contributed by atoms with Crippen LogP contribution in [0.15, 0.2) is 73.7 Å². The molecule has 0 saturated carbocycles. The molecule has 0 radical (unpaired) electrons. The number of likely N-dealkylation sites (N-methyl/N-ethyl adjacent to an activating group) is 1. The number of aromatic nitrogens is 1. The lowest BCUT2D eigenvalue weighted by Crippen LogP contribution is -2.31. The second-order valence-electron chi connectivity index (χ2n) is 7.17. The monoisotopic (exact) mass is 532 g/mol. The SMILES string of the molecule is C/C=C(/C=N/N=c1/ccc(F)c(C)n1C)N=CCN/C(C=Nc1c(Cl)cccc1Cl)=C(/N)C(=O)NC. The van der Waals surface area contributed by atoms with Gasteiger partial charge in [0.15, 0.2) is 5.49 Å². The quantitative estimate of drug-likeness (QED) is 0.260. The van der Waals surface area contributed by atoms with Gasteiger partial charge in [-0.15, -0.1) is 5.10 Å². The largest absolute Gasteiger partial charge is 0.393 e. The first kappa shape index (κ1) is 28.5. The average Bonchev–Trinajstić information content (AvgIpc) is 2.87. The molecule has 0 fully saturated rings. The zero-order valence-corrected chi connectivity index (χ0v) is 21.8. The fourth-order valence-corrected chi connectivity index (χ4v) is 3.15. The molecule has 0 atom stereocenters. The van der Waals surface area contributed by atoms with Crippen LogP contribution in [0.4, 0.5) is 10.1 Å². The summed E-state index contributed by atoms with van der Waals surface area (Å²) in [5, 5.41) is 14.3. The van der Waals surface area contributed by atoms with Crippen molar-refractivity contribution in [2.24, 2.45) is 33.0 Å². The summed E-state index contributed by atoms with van der Waals surface area (Å²) < 4.78 is 15.2. The molecule has 1 aromatic heterocycles. The number of hydrogen-bond donors (Lipinski definition) is 3. The van der Waals surface area contributed by atoms with E-state index in [4.69, 9.17) is 28.9 Å². The molecule has 2 rings (SSSR count). The first-order valence-electron chi connectivity index (χ1n) is 10.7. The first-order valence-corrected chi connectivity index (χ1v) is 11.5. The number of rotatable bonds is 9. The average molecular weight is 533 g/mol. The standard InChI is InChI=1S/C24H27Cl2FN8O/c1-5-16(13-33-34-21-10-9-19(27)15(2)35(21)4)30-11-12-31-20(22(28)24(36)29-3)14-32-23-17(25)7-6-8-18(23)26/h5-11,13-14,31H,12,28H2,1-4H3,(H,29,36)/b16-5-,22-20+,30-11?,32-14?,33-13+,34-21-. The molecule has 190 valence electrons. The smallest absolute Gasteiger partial charge is 0.269 e. The maximum Gasteiger partial charge on any atom is 0.269 e. The van der Waals surface area contributed by atoms with E-state index in [-0.39, 0.29) is 23.8 Å². The normalized spacial score (nSPS) is 13.6. The van der Waals surface area contributed by atoms with Crippen molar-refractivity contribution < 1.29 is 9.18 Å². The van der Waals surface area contributed by atoms with Crippen LogP contribution in [-0.2, 0) is 11.8 Å². The molecule has 0 bridgehead atoms. The summed E-state index contributed by atoms with van der Waals surface area (Å²) in [7, 11) is 3.16. The predicted octanol–water partition coefficient (Wildman–Crippen LogP) is 3.55. The number of carbonyl (C=O) groups excluding carboxylic acids is 1. The predicted molar refractivity (Wildman–Crippen MR) is 144 cm³/mol. The lowest BCUT2D eigenvalue weighted by Gasteiger charge is -2.09. The van der Waals surface area contributed by atoms with Crippen LogP contribution in [0.3, 0.4) is 0 Å². The summed E-state index contributed by atoms with van der Waals surface area (Å²) in [4.78, 5) is 20.6. The maximum atomic E-state index is 13.6. The number of benzene rings is 1. The topological polar surface area (TPSA) is 122 Å². The fraction of sp³-hybridized carbons (Fsp3) is 0.208.